The first-order valence-corrected chi connectivity index (χ1v) is 8.38. The summed E-state index contributed by atoms with van der Waals surface area (Å²) in [6.45, 7) is 4.67. The fourth-order valence-electron chi connectivity index (χ4n) is 2.39. The van der Waals surface area contributed by atoms with E-state index in [4.69, 9.17) is 9.15 Å². The summed E-state index contributed by atoms with van der Waals surface area (Å²) >= 11 is 3.50. The normalized spacial score (nSPS) is 11.0. The molecule has 1 amide bonds. The minimum Gasteiger partial charge on any atom is -0.454 e. The molecule has 132 valence electrons. The number of carbonyl (C=O) groups excluding carboxylic acids is 1. The molecule has 0 spiro atoms. The van der Waals surface area contributed by atoms with E-state index in [0.717, 1.165) is 15.9 Å². The van der Waals surface area contributed by atoms with Crippen molar-refractivity contribution in [3.05, 3.63) is 51.9 Å². The van der Waals surface area contributed by atoms with Gasteiger partial charge in [0.2, 0.25) is 0 Å². The van der Waals surface area contributed by atoms with Gasteiger partial charge in [0, 0.05) is 7.11 Å². The summed E-state index contributed by atoms with van der Waals surface area (Å²) in [5, 5.41) is 11.2. The van der Waals surface area contributed by atoms with Gasteiger partial charge in [-0.2, -0.15) is 10.2 Å². The molecule has 0 saturated heterocycles. The highest BCUT2D eigenvalue weighted by molar-refractivity contribution is 9.10. The molecule has 0 fully saturated rings. The van der Waals surface area contributed by atoms with Crippen LogP contribution in [0.4, 0.5) is 5.69 Å². The number of rotatable bonds is 6. The van der Waals surface area contributed by atoms with Crippen molar-refractivity contribution in [3.63, 3.8) is 0 Å². The highest BCUT2D eigenvalue weighted by atomic mass is 79.9. The largest absolute Gasteiger partial charge is 0.454 e. The molecule has 0 radical (unpaired) electrons. The number of nitrogens with zero attached hydrogens (tertiary/aromatic N) is 4. The maximum Gasteiger partial charge on any atom is 0.291 e. The molecular weight excluding hydrogens is 390 g/mol. The molecule has 3 aromatic rings. The third-order valence-corrected chi connectivity index (χ3v) is 4.78. The smallest absolute Gasteiger partial charge is 0.291 e. The van der Waals surface area contributed by atoms with E-state index in [1.165, 1.54) is 0 Å². The number of ether oxygens (including phenoxy) is 1. The molecule has 25 heavy (non-hydrogen) atoms. The number of halogens is 1. The van der Waals surface area contributed by atoms with E-state index in [9.17, 15) is 4.79 Å². The Morgan fingerprint density at radius 1 is 1.40 bits per heavy atom. The number of hydrogen-bond acceptors (Lipinski definition) is 5. The molecule has 3 rings (SSSR count). The highest BCUT2D eigenvalue weighted by Gasteiger charge is 2.15. The second-order valence-electron chi connectivity index (χ2n) is 5.55. The van der Waals surface area contributed by atoms with Gasteiger partial charge in [-0.3, -0.25) is 9.48 Å². The predicted octanol–water partition coefficient (Wildman–Crippen LogP) is 2.96. The summed E-state index contributed by atoms with van der Waals surface area (Å²) in [5.41, 5.74) is 2.49. The van der Waals surface area contributed by atoms with Crippen LogP contribution < -0.4 is 5.32 Å². The number of anilines is 1. The minimum absolute atomic E-state index is 0.232. The molecule has 0 aliphatic carbocycles. The van der Waals surface area contributed by atoms with Gasteiger partial charge >= 0.3 is 0 Å². The number of aromatic nitrogens is 4. The Bertz CT molecular complexity index is 896. The quantitative estimate of drug-likeness (QED) is 0.678. The Balaban J connectivity index is 1.67. The highest BCUT2D eigenvalue weighted by Crippen LogP contribution is 2.21. The molecule has 3 aromatic heterocycles. The van der Waals surface area contributed by atoms with E-state index in [2.05, 4.69) is 31.4 Å². The Labute approximate surface area is 152 Å². The van der Waals surface area contributed by atoms with Crippen LogP contribution in [0.2, 0.25) is 0 Å². The fraction of sp³-hybridized carbons (Fsp3) is 0.312. The number of carbonyl (C=O) groups is 1. The van der Waals surface area contributed by atoms with Crippen LogP contribution in [0.15, 0.2) is 33.4 Å². The van der Waals surface area contributed by atoms with Crippen molar-refractivity contribution < 1.29 is 13.9 Å². The van der Waals surface area contributed by atoms with Gasteiger partial charge in [-0.15, -0.1) is 0 Å². The Morgan fingerprint density at radius 3 is 2.88 bits per heavy atom. The van der Waals surface area contributed by atoms with Crippen molar-refractivity contribution in [1.29, 1.82) is 0 Å². The number of methoxy groups -OCH3 is 1. The van der Waals surface area contributed by atoms with E-state index in [1.807, 2.05) is 18.5 Å². The SMILES string of the molecule is COCn1cc(NC(=O)c2ccc(Cn3nc(C)c(Br)c3C)o2)cn1. The predicted molar refractivity (Wildman–Crippen MR) is 94.4 cm³/mol. The van der Waals surface area contributed by atoms with Crippen molar-refractivity contribution >= 4 is 27.5 Å². The number of aryl methyl sites for hydroxylation is 1. The van der Waals surface area contributed by atoms with Crippen LogP contribution in [0, 0.1) is 13.8 Å². The Kier molecular flexibility index (Phi) is 5.05. The number of amides is 1. The van der Waals surface area contributed by atoms with E-state index in [0.29, 0.717) is 24.7 Å². The van der Waals surface area contributed by atoms with Gasteiger partial charge in [0.25, 0.3) is 5.91 Å². The van der Waals surface area contributed by atoms with Crippen LogP contribution in [-0.4, -0.2) is 32.6 Å². The van der Waals surface area contributed by atoms with Crippen LogP contribution in [0.5, 0.6) is 0 Å². The van der Waals surface area contributed by atoms with Gasteiger partial charge < -0.3 is 14.5 Å². The molecule has 0 saturated carbocycles. The lowest BCUT2D eigenvalue weighted by Gasteiger charge is -2.02. The maximum absolute atomic E-state index is 12.3. The van der Waals surface area contributed by atoms with E-state index >= 15 is 0 Å². The first-order valence-electron chi connectivity index (χ1n) is 7.59. The lowest BCUT2D eigenvalue weighted by Crippen LogP contribution is -2.10. The fourth-order valence-corrected chi connectivity index (χ4v) is 2.67. The molecule has 1 N–H and O–H groups in total. The molecule has 0 atom stereocenters. The third kappa shape index (κ3) is 3.83. The molecule has 9 heteroatoms. The van der Waals surface area contributed by atoms with Gasteiger partial charge in [0.1, 0.15) is 12.5 Å². The summed E-state index contributed by atoms with van der Waals surface area (Å²) in [7, 11) is 1.58. The zero-order valence-electron chi connectivity index (χ0n) is 14.1. The van der Waals surface area contributed by atoms with Gasteiger partial charge in [0.05, 0.1) is 40.5 Å². The molecule has 8 nitrogen and oxygen atoms in total. The first kappa shape index (κ1) is 17.4. The maximum atomic E-state index is 12.3. The van der Waals surface area contributed by atoms with Crippen LogP contribution >= 0.6 is 15.9 Å². The zero-order valence-corrected chi connectivity index (χ0v) is 15.7. The number of hydrogen-bond donors (Lipinski definition) is 1. The van der Waals surface area contributed by atoms with Crippen molar-refractivity contribution in [1.82, 2.24) is 19.6 Å². The average molecular weight is 408 g/mol. The Hall–Kier alpha value is -2.39. The summed E-state index contributed by atoms with van der Waals surface area (Å²) < 4.78 is 15.0. The van der Waals surface area contributed by atoms with Gasteiger partial charge in [0.15, 0.2) is 5.76 Å². The molecular formula is C16H18BrN5O3. The minimum atomic E-state index is -0.335. The van der Waals surface area contributed by atoms with Crippen LogP contribution in [-0.2, 0) is 18.0 Å². The standard InChI is InChI=1S/C16H18BrN5O3/c1-10-15(17)11(2)22(20-10)8-13-4-5-14(25-13)16(23)19-12-6-18-21(7-12)9-24-3/h4-7H,8-9H2,1-3H3,(H,19,23). The van der Waals surface area contributed by atoms with Gasteiger partial charge in [-0.1, -0.05) is 0 Å². The lowest BCUT2D eigenvalue weighted by atomic mass is 10.4. The van der Waals surface area contributed by atoms with Crippen LogP contribution in [0.25, 0.3) is 0 Å². The van der Waals surface area contributed by atoms with Crippen molar-refractivity contribution in [3.8, 4) is 0 Å². The molecule has 3 heterocycles. The second kappa shape index (κ2) is 7.24. The van der Waals surface area contributed by atoms with Crippen molar-refractivity contribution in [2.75, 3.05) is 12.4 Å². The summed E-state index contributed by atoms with van der Waals surface area (Å²) in [6.07, 6.45) is 3.23. The van der Waals surface area contributed by atoms with E-state index < -0.39 is 0 Å². The van der Waals surface area contributed by atoms with Gasteiger partial charge in [-0.05, 0) is 41.9 Å². The third-order valence-electron chi connectivity index (χ3n) is 3.64. The number of furan rings is 1. The molecule has 0 aliphatic rings. The van der Waals surface area contributed by atoms with Crippen LogP contribution in [0.1, 0.15) is 27.7 Å². The molecule has 0 aromatic carbocycles. The van der Waals surface area contributed by atoms with E-state index in [1.54, 1.807) is 36.3 Å². The summed E-state index contributed by atoms with van der Waals surface area (Å²) in [6, 6.07) is 3.42. The van der Waals surface area contributed by atoms with Gasteiger partial charge in [-0.25, -0.2) is 4.68 Å². The second-order valence-corrected chi connectivity index (χ2v) is 6.34. The topological polar surface area (TPSA) is 87.1 Å². The first-order chi connectivity index (χ1) is 12.0. The average Bonchev–Trinajstić information content (AvgIpc) is 3.27. The van der Waals surface area contributed by atoms with E-state index in [-0.39, 0.29) is 11.7 Å². The lowest BCUT2D eigenvalue weighted by molar-refractivity contribution is 0.0994. The summed E-state index contributed by atoms with van der Waals surface area (Å²) in [5.74, 6) is 0.547. The number of nitrogens with one attached hydrogen (secondary N) is 1. The summed E-state index contributed by atoms with van der Waals surface area (Å²) in [4.78, 5) is 12.3. The van der Waals surface area contributed by atoms with Crippen LogP contribution in [0.3, 0.4) is 0 Å². The monoisotopic (exact) mass is 407 g/mol. The Morgan fingerprint density at radius 2 is 2.20 bits per heavy atom. The van der Waals surface area contributed by atoms with Crippen molar-refractivity contribution in [2.24, 2.45) is 0 Å². The molecule has 0 bridgehead atoms. The zero-order chi connectivity index (χ0) is 18.0. The molecule has 0 unspecified atom stereocenters. The van der Waals surface area contributed by atoms with Crippen molar-refractivity contribution in [2.45, 2.75) is 27.1 Å². The molecule has 0 aliphatic heterocycles.